The Hall–Kier alpha value is -2.18. The van der Waals surface area contributed by atoms with Crippen LogP contribution in [0.2, 0.25) is 0 Å². The fraction of sp³-hybridized carbons (Fsp3) is 0.250. The Labute approximate surface area is 107 Å². The highest BCUT2D eigenvalue weighted by Crippen LogP contribution is 2.34. The van der Waals surface area contributed by atoms with Crippen molar-refractivity contribution in [2.75, 3.05) is 12.3 Å². The van der Waals surface area contributed by atoms with Crippen LogP contribution in [-0.2, 0) is 6.18 Å². The van der Waals surface area contributed by atoms with Gasteiger partial charge in [-0.3, -0.25) is 0 Å². The molecular weight excluding hydrogens is 259 g/mol. The Balaban J connectivity index is 2.42. The highest BCUT2D eigenvalue weighted by Gasteiger charge is 2.38. The van der Waals surface area contributed by atoms with Gasteiger partial charge < -0.3 is 10.5 Å². The Kier molecular flexibility index (Phi) is 3.37. The van der Waals surface area contributed by atoms with Crippen LogP contribution in [0.3, 0.4) is 0 Å². The molecule has 0 atom stereocenters. The van der Waals surface area contributed by atoms with Gasteiger partial charge in [-0.15, -0.1) is 0 Å². The summed E-state index contributed by atoms with van der Waals surface area (Å²) >= 11 is 0. The molecule has 0 saturated carbocycles. The van der Waals surface area contributed by atoms with Crippen molar-refractivity contribution in [2.24, 2.45) is 0 Å². The van der Waals surface area contributed by atoms with Crippen LogP contribution in [0.25, 0.3) is 5.69 Å². The minimum absolute atomic E-state index is 0.271. The number of benzene rings is 1. The highest BCUT2D eigenvalue weighted by molar-refractivity contribution is 5.48. The second-order valence-corrected chi connectivity index (χ2v) is 3.78. The molecule has 2 N–H and O–H groups in total. The normalized spacial score (nSPS) is 11.6. The smallest absolute Gasteiger partial charge is 0.435 e. The summed E-state index contributed by atoms with van der Waals surface area (Å²) < 4.78 is 44.6. The van der Waals surface area contributed by atoms with Crippen molar-refractivity contribution in [2.45, 2.75) is 13.1 Å². The number of halogens is 3. The lowest BCUT2D eigenvalue weighted by Gasteiger charge is -2.11. The third-order valence-electron chi connectivity index (χ3n) is 2.46. The van der Waals surface area contributed by atoms with Gasteiger partial charge in [-0.1, -0.05) is 0 Å². The van der Waals surface area contributed by atoms with Crippen LogP contribution < -0.4 is 10.5 Å². The predicted octanol–water partition coefficient (Wildman–Crippen LogP) is 2.87. The van der Waals surface area contributed by atoms with Crippen molar-refractivity contribution in [3.8, 4) is 11.4 Å². The van der Waals surface area contributed by atoms with Crippen molar-refractivity contribution >= 4 is 5.69 Å². The summed E-state index contributed by atoms with van der Waals surface area (Å²) in [6.45, 7) is 2.31. The van der Waals surface area contributed by atoms with Crippen molar-refractivity contribution in [1.29, 1.82) is 0 Å². The van der Waals surface area contributed by atoms with Crippen LogP contribution in [0.1, 0.15) is 12.6 Å². The van der Waals surface area contributed by atoms with Gasteiger partial charge in [-0.25, -0.2) is 4.68 Å². The largest absolute Gasteiger partial charge is 0.494 e. The average molecular weight is 271 g/mol. The van der Waals surface area contributed by atoms with E-state index >= 15 is 0 Å². The summed E-state index contributed by atoms with van der Waals surface area (Å²) in [4.78, 5) is 0. The summed E-state index contributed by atoms with van der Waals surface area (Å²) in [6.07, 6.45) is -3.57. The van der Waals surface area contributed by atoms with E-state index < -0.39 is 17.6 Å². The molecule has 0 unspecified atom stereocenters. The molecule has 0 amide bonds. The lowest BCUT2D eigenvalue weighted by Crippen LogP contribution is -2.15. The first-order valence-corrected chi connectivity index (χ1v) is 5.57. The predicted molar refractivity (Wildman–Crippen MR) is 64.1 cm³/mol. The minimum Gasteiger partial charge on any atom is -0.494 e. The zero-order valence-electron chi connectivity index (χ0n) is 10.1. The van der Waals surface area contributed by atoms with Crippen LogP contribution in [-0.4, -0.2) is 16.4 Å². The monoisotopic (exact) mass is 271 g/mol. The molecule has 0 bridgehead atoms. The van der Waals surface area contributed by atoms with Gasteiger partial charge >= 0.3 is 6.18 Å². The molecule has 0 aliphatic rings. The van der Waals surface area contributed by atoms with Crippen molar-refractivity contribution in [1.82, 2.24) is 9.78 Å². The molecule has 1 aromatic heterocycles. The third kappa shape index (κ3) is 2.64. The molecule has 0 saturated heterocycles. The number of alkyl halides is 3. The van der Waals surface area contributed by atoms with E-state index in [0.717, 1.165) is 10.9 Å². The van der Waals surface area contributed by atoms with Gasteiger partial charge in [0.1, 0.15) is 5.75 Å². The second-order valence-electron chi connectivity index (χ2n) is 3.78. The van der Waals surface area contributed by atoms with Gasteiger partial charge in [0, 0.05) is 0 Å². The van der Waals surface area contributed by atoms with Gasteiger partial charge in [0.05, 0.1) is 24.2 Å². The second kappa shape index (κ2) is 4.83. The maximum Gasteiger partial charge on any atom is 0.435 e. The van der Waals surface area contributed by atoms with E-state index in [0.29, 0.717) is 12.4 Å². The number of ether oxygens (including phenoxy) is 1. The molecule has 0 spiro atoms. The Morgan fingerprint density at radius 2 is 1.89 bits per heavy atom. The van der Waals surface area contributed by atoms with E-state index in [4.69, 9.17) is 10.5 Å². The standard InChI is InChI=1S/C12H12F3N3O/c1-2-19-9-5-3-8(4-6-9)18-11(12(13,14)15)10(16)7-17-18/h3-7H,2,16H2,1H3. The van der Waals surface area contributed by atoms with Crippen molar-refractivity contribution < 1.29 is 17.9 Å². The number of rotatable bonds is 3. The zero-order valence-corrected chi connectivity index (χ0v) is 10.1. The van der Waals surface area contributed by atoms with Gasteiger partial charge in [0.2, 0.25) is 0 Å². The van der Waals surface area contributed by atoms with Crippen molar-refractivity contribution in [3.63, 3.8) is 0 Å². The fourth-order valence-electron chi connectivity index (χ4n) is 1.69. The molecule has 0 aliphatic carbocycles. The molecule has 4 nitrogen and oxygen atoms in total. The Bertz CT molecular complexity index is 561. The van der Waals surface area contributed by atoms with E-state index in [1.54, 1.807) is 12.1 Å². The van der Waals surface area contributed by atoms with E-state index in [2.05, 4.69) is 5.10 Å². The van der Waals surface area contributed by atoms with Gasteiger partial charge in [0.25, 0.3) is 0 Å². The van der Waals surface area contributed by atoms with Crippen LogP contribution in [0.5, 0.6) is 5.75 Å². The molecule has 1 heterocycles. The first-order chi connectivity index (χ1) is 8.93. The number of nitrogen functional groups attached to an aromatic ring is 1. The highest BCUT2D eigenvalue weighted by atomic mass is 19.4. The van der Waals surface area contributed by atoms with Crippen molar-refractivity contribution in [3.05, 3.63) is 36.2 Å². The quantitative estimate of drug-likeness (QED) is 0.933. The van der Waals surface area contributed by atoms with E-state index in [9.17, 15) is 13.2 Å². The number of nitrogens with zero attached hydrogens (tertiary/aromatic N) is 2. The van der Waals surface area contributed by atoms with Gasteiger partial charge in [-0.05, 0) is 31.2 Å². The van der Waals surface area contributed by atoms with Crippen LogP contribution >= 0.6 is 0 Å². The third-order valence-corrected chi connectivity index (χ3v) is 2.46. The maximum atomic E-state index is 12.9. The molecule has 19 heavy (non-hydrogen) atoms. The summed E-state index contributed by atoms with van der Waals surface area (Å²) in [5, 5.41) is 3.66. The molecule has 1 aromatic carbocycles. The zero-order chi connectivity index (χ0) is 14.0. The summed E-state index contributed by atoms with van der Waals surface area (Å²) in [5.74, 6) is 0.583. The lowest BCUT2D eigenvalue weighted by atomic mass is 10.3. The summed E-state index contributed by atoms with van der Waals surface area (Å²) in [6, 6.07) is 6.15. The van der Waals surface area contributed by atoms with E-state index in [1.807, 2.05) is 6.92 Å². The SMILES string of the molecule is CCOc1ccc(-n2ncc(N)c2C(F)(F)F)cc1. The van der Waals surface area contributed by atoms with Crippen LogP contribution in [0, 0.1) is 0 Å². The Morgan fingerprint density at radius 1 is 1.26 bits per heavy atom. The number of anilines is 1. The average Bonchev–Trinajstić information content (AvgIpc) is 2.72. The first-order valence-electron chi connectivity index (χ1n) is 5.57. The van der Waals surface area contributed by atoms with Gasteiger partial charge in [-0.2, -0.15) is 18.3 Å². The molecule has 102 valence electrons. The number of hydrogen-bond donors (Lipinski definition) is 1. The number of nitrogens with two attached hydrogens (primary N) is 1. The summed E-state index contributed by atoms with van der Waals surface area (Å²) in [5.41, 5.74) is 4.21. The molecule has 0 fully saturated rings. The minimum atomic E-state index is -4.56. The maximum absolute atomic E-state index is 12.9. The molecule has 7 heteroatoms. The summed E-state index contributed by atoms with van der Waals surface area (Å²) in [7, 11) is 0. The fourth-order valence-corrected chi connectivity index (χ4v) is 1.69. The van der Waals surface area contributed by atoms with E-state index in [1.165, 1.54) is 12.1 Å². The molecule has 0 radical (unpaired) electrons. The van der Waals surface area contributed by atoms with Gasteiger partial charge in [0.15, 0.2) is 5.69 Å². The van der Waals surface area contributed by atoms with E-state index in [-0.39, 0.29) is 5.69 Å². The molecule has 0 aliphatic heterocycles. The number of hydrogen-bond acceptors (Lipinski definition) is 3. The number of aromatic nitrogens is 2. The molecule has 2 aromatic rings. The molecular formula is C12H12F3N3O. The topological polar surface area (TPSA) is 53.1 Å². The Morgan fingerprint density at radius 3 is 2.42 bits per heavy atom. The van der Waals surface area contributed by atoms with Crippen LogP contribution in [0.4, 0.5) is 18.9 Å². The first kappa shape index (κ1) is 13.3. The lowest BCUT2D eigenvalue weighted by molar-refractivity contribution is -0.142. The van der Waals surface area contributed by atoms with Crippen LogP contribution in [0.15, 0.2) is 30.5 Å². The molecule has 2 rings (SSSR count).